The highest BCUT2D eigenvalue weighted by molar-refractivity contribution is 5.94. The Balaban J connectivity index is 1.80. The Morgan fingerprint density at radius 3 is 2.74 bits per heavy atom. The van der Waals surface area contributed by atoms with Crippen LogP contribution >= 0.6 is 0 Å². The van der Waals surface area contributed by atoms with Crippen LogP contribution in [0.1, 0.15) is 38.5 Å². The molecule has 0 aromatic heterocycles. The summed E-state index contributed by atoms with van der Waals surface area (Å²) in [4.78, 5) is 11.7. The predicted molar refractivity (Wildman–Crippen MR) is 72.2 cm³/mol. The van der Waals surface area contributed by atoms with Crippen LogP contribution in [0.2, 0.25) is 0 Å². The summed E-state index contributed by atoms with van der Waals surface area (Å²) in [5.41, 5.74) is 0.118. The molecule has 0 aliphatic heterocycles. The first-order valence-electron chi connectivity index (χ1n) is 6.90. The molecule has 0 saturated heterocycles. The quantitative estimate of drug-likeness (QED) is 0.859. The molecule has 1 unspecified atom stereocenters. The van der Waals surface area contributed by atoms with E-state index in [9.17, 15) is 14.3 Å². The lowest BCUT2D eigenvalue weighted by atomic mass is 9.99. The normalized spacial score (nSPS) is 17.4. The summed E-state index contributed by atoms with van der Waals surface area (Å²) >= 11 is 0. The maximum Gasteiger partial charge on any atom is 0.253 e. The fourth-order valence-electron chi connectivity index (χ4n) is 2.60. The zero-order valence-electron chi connectivity index (χ0n) is 10.9. The molecule has 1 amide bonds. The second-order valence-electron chi connectivity index (χ2n) is 5.21. The van der Waals surface area contributed by atoms with E-state index in [2.05, 4.69) is 5.32 Å². The molecule has 1 aromatic carbocycles. The van der Waals surface area contributed by atoms with Crippen LogP contribution in [0.5, 0.6) is 0 Å². The maximum atomic E-state index is 13.3. The van der Waals surface area contributed by atoms with E-state index >= 15 is 0 Å². The average Bonchev–Trinajstić information content (AvgIpc) is 2.91. The molecule has 0 heterocycles. The van der Waals surface area contributed by atoms with Gasteiger partial charge in [0.15, 0.2) is 0 Å². The molecule has 19 heavy (non-hydrogen) atoms. The highest BCUT2D eigenvalue weighted by atomic mass is 19.1. The SMILES string of the molecule is O=C(Nc1ccccc1F)C(O)CCC1CCCC1. The molecular formula is C15H20FNO2. The highest BCUT2D eigenvalue weighted by Crippen LogP contribution is 2.29. The maximum absolute atomic E-state index is 13.3. The topological polar surface area (TPSA) is 49.3 Å². The fraction of sp³-hybridized carbons (Fsp3) is 0.533. The number of nitrogens with one attached hydrogen (secondary N) is 1. The fourth-order valence-corrected chi connectivity index (χ4v) is 2.60. The number of benzene rings is 1. The molecule has 1 atom stereocenters. The molecule has 1 aliphatic carbocycles. The van der Waals surface area contributed by atoms with E-state index < -0.39 is 17.8 Å². The number of para-hydroxylation sites is 1. The van der Waals surface area contributed by atoms with Crippen LogP contribution in [0.15, 0.2) is 24.3 Å². The molecule has 104 valence electrons. The van der Waals surface area contributed by atoms with Crippen LogP contribution in [0.4, 0.5) is 10.1 Å². The van der Waals surface area contributed by atoms with E-state index in [-0.39, 0.29) is 5.69 Å². The summed E-state index contributed by atoms with van der Waals surface area (Å²) in [6, 6.07) is 5.96. The lowest BCUT2D eigenvalue weighted by molar-refractivity contribution is -0.124. The van der Waals surface area contributed by atoms with Gasteiger partial charge in [-0.3, -0.25) is 4.79 Å². The van der Waals surface area contributed by atoms with Crippen LogP contribution in [-0.4, -0.2) is 17.1 Å². The van der Waals surface area contributed by atoms with Gasteiger partial charge in [-0.25, -0.2) is 4.39 Å². The smallest absolute Gasteiger partial charge is 0.253 e. The third-order valence-electron chi connectivity index (χ3n) is 3.76. The lowest BCUT2D eigenvalue weighted by Gasteiger charge is -2.14. The van der Waals surface area contributed by atoms with Crippen molar-refractivity contribution in [3.05, 3.63) is 30.1 Å². The van der Waals surface area contributed by atoms with Gasteiger partial charge in [0.25, 0.3) is 5.91 Å². The Labute approximate surface area is 112 Å². The van der Waals surface area contributed by atoms with E-state index in [1.165, 1.54) is 37.8 Å². The van der Waals surface area contributed by atoms with Crippen LogP contribution in [0.25, 0.3) is 0 Å². The van der Waals surface area contributed by atoms with Crippen molar-refractivity contribution in [2.75, 3.05) is 5.32 Å². The molecule has 4 heteroatoms. The van der Waals surface area contributed by atoms with E-state index in [1.807, 2.05) is 0 Å². The number of carbonyl (C=O) groups excluding carboxylic acids is 1. The summed E-state index contributed by atoms with van der Waals surface area (Å²) in [7, 11) is 0. The zero-order valence-corrected chi connectivity index (χ0v) is 10.9. The van der Waals surface area contributed by atoms with Gasteiger partial charge in [0.2, 0.25) is 0 Å². The Morgan fingerprint density at radius 2 is 2.05 bits per heavy atom. The van der Waals surface area contributed by atoms with E-state index in [0.717, 1.165) is 6.42 Å². The molecule has 2 rings (SSSR count). The van der Waals surface area contributed by atoms with Crippen molar-refractivity contribution in [2.24, 2.45) is 5.92 Å². The van der Waals surface area contributed by atoms with E-state index in [1.54, 1.807) is 12.1 Å². The summed E-state index contributed by atoms with van der Waals surface area (Å²) in [6.45, 7) is 0. The molecule has 1 fully saturated rings. The van der Waals surface area contributed by atoms with Crippen molar-refractivity contribution in [2.45, 2.75) is 44.6 Å². The molecule has 1 saturated carbocycles. The van der Waals surface area contributed by atoms with Crippen molar-refractivity contribution in [3.8, 4) is 0 Å². The molecular weight excluding hydrogens is 245 g/mol. The first-order chi connectivity index (χ1) is 9.16. The van der Waals surface area contributed by atoms with Crippen LogP contribution in [-0.2, 0) is 4.79 Å². The predicted octanol–water partition coefficient (Wildman–Crippen LogP) is 3.10. The van der Waals surface area contributed by atoms with Crippen LogP contribution in [0.3, 0.4) is 0 Å². The number of rotatable bonds is 5. The number of anilines is 1. The third-order valence-corrected chi connectivity index (χ3v) is 3.76. The zero-order chi connectivity index (χ0) is 13.7. The summed E-state index contributed by atoms with van der Waals surface area (Å²) in [5, 5.41) is 12.2. The lowest BCUT2D eigenvalue weighted by Crippen LogP contribution is -2.28. The van der Waals surface area contributed by atoms with Crippen molar-refractivity contribution in [1.82, 2.24) is 0 Å². The van der Waals surface area contributed by atoms with Crippen LogP contribution in [0, 0.1) is 11.7 Å². The van der Waals surface area contributed by atoms with Gasteiger partial charge < -0.3 is 10.4 Å². The van der Waals surface area contributed by atoms with Gasteiger partial charge in [0.05, 0.1) is 5.69 Å². The molecule has 0 bridgehead atoms. The van der Waals surface area contributed by atoms with Gasteiger partial charge in [-0.2, -0.15) is 0 Å². The average molecular weight is 265 g/mol. The number of carbonyl (C=O) groups is 1. The molecule has 0 radical (unpaired) electrons. The van der Waals surface area contributed by atoms with Crippen molar-refractivity contribution >= 4 is 11.6 Å². The highest BCUT2D eigenvalue weighted by Gasteiger charge is 2.20. The van der Waals surface area contributed by atoms with Gasteiger partial charge in [0, 0.05) is 0 Å². The molecule has 2 N–H and O–H groups in total. The first-order valence-corrected chi connectivity index (χ1v) is 6.90. The summed E-state index contributed by atoms with van der Waals surface area (Å²) < 4.78 is 13.3. The van der Waals surface area contributed by atoms with Crippen LogP contribution < -0.4 is 5.32 Å². The Hall–Kier alpha value is -1.42. The summed E-state index contributed by atoms with van der Waals surface area (Å²) in [6.07, 6.45) is 5.16. The second kappa shape index (κ2) is 6.66. The molecule has 3 nitrogen and oxygen atoms in total. The standard InChI is InChI=1S/C15H20FNO2/c16-12-7-3-4-8-13(12)17-15(19)14(18)10-9-11-5-1-2-6-11/h3-4,7-8,11,14,18H,1-2,5-6,9-10H2,(H,17,19). The largest absolute Gasteiger partial charge is 0.383 e. The first kappa shape index (κ1) is 14.0. The Bertz CT molecular complexity index is 430. The van der Waals surface area contributed by atoms with Crippen molar-refractivity contribution in [1.29, 1.82) is 0 Å². The minimum atomic E-state index is -1.06. The second-order valence-corrected chi connectivity index (χ2v) is 5.21. The van der Waals surface area contributed by atoms with Crippen molar-refractivity contribution in [3.63, 3.8) is 0 Å². The van der Waals surface area contributed by atoms with E-state index in [4.69, 9.17) is 0 Å². The number of aliphatic hydroxyl groups is 1. The van der Waals surface area contributed by atoms with Gasteiger partial charge in [0.1, 0.15) is 11.9 Å². The third kappa shape index (κ3) is 4.03. The van der Waals surface area contributed by atoms with E-state index in [0.29, 0.717) is 12.3 Å². The van der Waals surface area contributed by atoms with Gasteiger partial charge in [-0.15, -0.1) is 0 Å². The summed E-state index contributed by atoms with van der Waals surface area (Å²) in [5.74, 6) is -0.377. The number of hydrogen-bond donors (Lipinski definition) is 2. The van der Waals surface area contributed by atoms with Gasteiger partial charge in [-0.05, 0) is 30.9 Å². The Kier molecular flexibility index (Phi) is 4.91. The molecule has 0 spiro atoms. The molecule has 1 aliphatic rings. The number of halogens is 1. The minimum Gasteiger partial charge on any atom is -0.383 e. The minimum absolute atomic E-state index is 0.118. The Morgan fingerprint density at radius 1 is 1.37 bits per heavy atom. The number of amides is 1. The number of aliphatic hydroxyl groups excluding tert-OH is 1. The van der Waals surface area contributed by atoms with Gasteiger partial charge in [-0.1, -0.05) is 37.8 Å². The van der Waals surface area contributed by atoms with Crippen molar-refractivity contribution < 1.29 is 14.3 Å². The number of hydrogen-bond acceptors (Lipinski definition) is 2. The van der Waals surface area contributed by atoms with Gasteiger partial charge >= 0.3 is 0 Å². The molecule has 1 aromatic rings. The monoisotopic (exact) mass is 265 g/mol.